The molecule has 100 valence electrons. The Morgan fingerprint density at radius 1 is 1.11 bits per heavy atom. The van der Waals surface area contributed by atoms with Gasteiger partial charge >= 0.3 is 0 Å². The second kappa shape index (κ2) is 5.39. The van der Waals surface area contributed by atoms with Crippen LogP contribution in [0.1, 0.15) is 28.4 Å². The minimum Gasteiger partial charge on any atom is -0.383 e. The molecule has 0 spiro atoms. The fourth-order valence-electron chi connectivity index (χ4n) is 2.00. The number of benzene rings is 2. The molecule has 0 aromatic heterocycles. The lowest BCUT2D eigenvalue weighted by Crippen LogP contribution is -2.08. The maximum Gasteiger partial charge on any atom is 0.135 e. The molecule has 2 aromatic carbocycles. The van der Waals surface area contributed by atoms with Crippen molar-refractivity contribution >= 4 is 15.9 Å². The largest absolute Gasteiger partial charge is 0.383 e. The number of rotatable bonds is 2. The molecule has 0 heterocycles. The van der Waals surface area contributed by atoms with Crippen LogP contribution in [-0.2, 0) is 0 Å². The lowest BCUT2D eigenvalue weighted by atomic mass is 9.95. The van der Waals surface area contributed by atoms with Crippen LogP contribution in [0.3, 0.4) is 0 Å². The molecule has 0 saturated carbocycles. The van der Waals surface area contributed by atoms with Gasteiger partial charge in [-0.05, 0) is 42.7 Å². The molecule has 4 heteroatoms. The van der Waals surface area contributed by atoms with E-state index in [1.807, 2.05) is 6.07 Å². The van der Waals surface area contributed by atoms with E-state index in [4.69, 9.17) is 0 Å². The topological polar surface area (TPSA) is 20.2 Å². The van der Waals surface area contributed by atoms with Crippen LogP contribution in [-0.4, -0.2) is 5.11 Å². The zero-order chi connectivity index (χ0) is 14.2. The maximum atomic E-state index is 14.0. The van der Waals surface area contributed by atoms with Crippen molar-refractivity contribution in [2.45, 2.75) is 20.0 Å². The van der Waals surface area contributed by atoms with Crippen LogP contribution in [0.5, 0.6) is 0 Å². The Kier molecular flexibility index (Phi) is 4.02. The van der Waals surface area contributed by atoms with E-state index >= 15 is 0 Å². The lowest BCUT2D eigenvalue weighted by Gasteiger charge is -2.17. The Morgan fingerprint density at radius 2 is 1.79 bits per heavy atom. The average molecular weight is 327 g/mol. The fourth-order valence-corrected chi connectivity index (χ4v) is 2.39. The number of hydrogen-bond acceptors (Lipinski definition) is 1. The zero-order valence-corrected chi connectivity index (χ0v) is 12.1. The predicted octanol–water partition coefficient (Wildman–Crippen LogP) is 4.43. The zero-order valence-electron chi connectivity index (χ0n) is 10.5. The van der Waals surface area contributed by atoms with Gasteiger partial charge in [-0.25, -0.2) is 8.78 Å². The number of aryl methyl sites for hydroxylation is 1. The second-order valence-corrected chi connectivity index (χ2v) is 5.30. The summed E-state index contributed by atoms with van der Waals surface area (Å²) in [5.41, 5.74) is 1.25. The lowest BCUT2D eigenvalue weighted by molar-refractivity contribution is 0.208. The van der Waals surface area contributed by atoms with E-state index in [1.54, 1.807) is 26.0 Å². The summed E-state index contributed by atoms with van der Waals surface area (Å²) in [4.78, 5) is 0. The Balaban J connectivity index is 2.59. The monoisotopic (exact) mass is 326 g/mol. The summed E-state index contributed by atoms with van der Waals surface area (Å²) in [5.74, 6) is -1.44. The molecule has 0 bridgehead atoms. The van der Waals surface area contributed by atoms with Crippen molar-refractivity contribution in [3.8, 4) is 0 Å². The first kappa shape index (κ1) is 14.2. The summed E-state index contributed by atoms with van der Waals surface area (Å²) in [6.45, 7) is 3.33. The van der Waals surface area contributed by atoms with Crippen LogP contribution < -0.4 is 0 Å². The highest BCUT2D eigenvalue weighted by molar-refractivity contribution is 9.10. The van der Waals surface area contributed by atoms with Crippen LogP contribution in [0.4, 0.5) is 8.78 Å². The average Bonchev–Trinajstić information content (AvgIpc) is 2.37. The third-order valence-corrected chi connectivity index (χ3v) is 4.06. The van der Waals surface area contributed by atoms with Crippen molar-refractivity contribution < 1.29 is 13.9 Å². The van der Waals surface area contributed by atoms with Gasteiger partial charge in [-0.2, -0.15) is 0 Å². The number of aliphatic hydroxyl groups is 1. The summed E-state index contributed by atoms with van der Waals surface area (Å²) in [6.07, 6.45) is -1.32. The first-order chi connectivity index (χ1) is 8.93. The van der Waals surface area contributed by atoms with E-state index in [2.05, 4.69) is 15.9 Å². The normalized spacial score (nSPS) is 12.5. The smallest absolute Gasteiger partial charge is 0.135 e. The van der Waals surface area contributed by atoms with Crippen molar-refractivity contribution in [1.29, 1.82) is 0 Å². The van der Waals surface area contributed by atoms with E-state index < -0.39 is 17.7 Å². The number of aliphatic hydroxyl groups excluding tert-OH is 1. The summed E-state index contributed by atoms with van der Waals surface area (Å²) in [7, 11) is 0. The maximum absolute atomic E-state index is 14.0. The third-order valence-electron chi connectivity index (χ3n) is 3.20. The Morgan fingerprint density at radius 3 is 2.47 bits per heavy atom. The summed E-state index contributed by atoms with van der Waals surface area (Å²) >= 11 is 3.34. The van der Waals surface area contributed by atoms with E-state index in [0.29, 0.717) is 11.1 Å². The van der Waals surface area contributed by atoms with E-state index in [0.717, 1.165) is 10.0 Å². The van der Waals surface area contributed by atoms with Crippen LogP contribution >= 0.6 is 15.9 Å². The van der Waals surface area contributed by atoms with Crippen molar-refractivity contribution in [2.24, 2.45) is 0 Å². The van der Waals surface area contributed by atoms with E-state index in [1.165, 1.54) is 12.1 Å². The molecule has 0 saturated heterocycles. The van der Waals surface area contributed by atoms with Gasteiger partial charge < -0.3 is 5.11 Å². The van der Waals surface area contributed by atoms with Crippen LogP contribution in [0.25, 0.3) is 0 Å². The predicted molar refractivity (Wildman–Crippen MR) is 74.0 cm³/mol. The number of halogens is 3. The first-order valence-electron chi connectivity index (χ1n) is 5.81. The highest BCUT2D eigenvalue weighted by Gasteiger charge is 2.22. The molecule has 0 aliphatic rings. The quantitative estimate of drug-likeness (QED) is 0.865. The molecule has 1 nitrogen and oxygen atoms in total. The van der Waals surface area contributed by atoms with Gasteiger partial charge in [-0.15, -0.1) is 0 Å². The minimum atomic E-state index is -1.32. The molecule has 0 amide bonds. The van der Waals surface area contributed by atoms with Gasteiger partial charge in [0.15, 0.2) is 0 Å². The molecule has 1 unspecified atom stereocenters. The van der Waals surface area contributed by atoms with Crippen molar-refractivity contribution in [3.63, 3.8) is 0 Å². The van der Waals surface area contributed by atoms with Crippen molar-refractivity contribution in [2.75, 3.05) is 0 Å². The Labute approximate surface area is 119 Å². The molecule has 0 radical (unpaired) electrons. The molecule has 0 fully saturated rings. The van der Waals surface area contributed by atoms with Crippen molar-refractivity contribution in [1.82, 2.24) is 0 Å². The molecule has 1 N–H and O–H groups in total. The molecular formula is C15H13BrF2O. The summed E-state index contributed by atoms with van der Waals surface area (Å²) < 4.78 is 28.6. The molecule has 19 heavy (non-hydrogen) atoms. The minimum absolute atomic E-state index is 0.304. The van der Waals surface area contributed by atoms with E-state index in [9.17, 15) is 13.9 Å². The van der Waals surface area contributed by atoms with Crippen molar-refractivity contribution in [3.05, 3.63) is 68.7 Å². The second-order valence-electron chi connectivity index (χ2n) is 4.45. The highest BCUT2D eigenvalue weighted by Crippen LogP contribution is 2.32. The Hall–Kier alpha value is -1.26. The van der Waals surface area contributed by atoms with Gasteiger partial charge in [0.1, 0.15) is 17.7 Å². The van der Waals surface area contributed by atoms with E-state index in [-0.39, 0.29) is 5.56 Å². The molecule has 2 aromatic rings. The molecule has 0 aliphatic carbocycles. The fraction of sp³-hybridized carbons (Fsp3) is 0.200. The molecule has 2 rings (SSSR count). The summed E-state index contributed by atoms with van der Waals surface area (Å²) in [6, 6.07) is 7.72. The first-order valence-corrected chi connectivity index (χ1v) is 6.60. The molecular weight excluding hydrogens is 314 g/mol. The van der Waals surface area contributed by atoms with Gasteiger partial charge in [0, 0.05) is 4.47 Å². The van der Waals surface area contributed by atoms with Gasteiger partial charge in [0.2, 0.25) is 0 Å². The SMILES string of the molecule is Cc1ccc(F)c(C(O)c2cccc(Br)c2C)c1F. The molecule has 1 atom stereocenters. The van der Waals surface area contributed by atoms with Gasteiger partial charge in [-0.3, -0.25) is 0 Å². The van der Waals surface area contributed by atoms with Crippen LogP contribution in [0.2, 0.25) is 0 Å². The number of hydrogen-bond donors (Lipinski definition) is 1. The third kappa shape index (κ3) is 2.55. The van der Waals surface area contributed by atoms with Crippen LogP contribution in [0.15, 0.2) is 34.8 Å². The Bertz CT molecular complexity index is 626. The standard InChI is InChI=1S/C15H13BrF2O/c1-8-6-7-12(17)13(14(8)18)15(19)10-4-3-5-11(16)9(10)2/h3-7,15,19H,1-2H3. The molecule has 0 aliphatic heterocycles. The van der Waals surface area contributed by atoms with Gasteiger partial charge in [-0.1, -0.05) is 34.1 Å². The van der Waals surface area contributed by atoms with Gasteiger partial charge in [0.25, 0.3) is 0 Å². The summed E-state index contributed by atoms with van der Waals surface area (Å²) in [5, 5.41) is 10.3. The van der Waals surface area contributed by atoms with Crippen LogP contribution in [0, 0.1) is 25.5 Å². The van der Waals surface area contributed by atoms with Gasteiger partial charge in [0.05, 0.1) is 5.56 Å². The highest BCUT2D eigenvalue weighted by atomic mass is 79.9.